The van der Waals surface area contributed by atoms with Crippen LogP contribution in [0.4, 0.5) is 5.69 Å². The molecular weight excluding hydrogens is 238 g/mol. The number of methoxy groups -OCH3 is 1. The van der Waals surface area contributed by atoms with Crippen LogP contribution in [0.3, 0.4) is 0 Å². The number of rotatable bonds is 6. The number of esters is 1. The van der Waals surface area contributed by atoms with E-state index >= 15 is 0 Å². The summed E-state index contributed by atoms with van der Waals surface area (Å²) in [5.41, 5.74) is 7.03. The number of nitrogen functional groups attached to an aromatic ring is 1. The highest BCUT2D eigenvalue weighted by Gasteiger charge is 2.09. The Bertz CT molecular complexity index is 382. The number of nitrogens with two attached hydrogens (primary N) is 1. The summed E-state index contributed by atoms with van der Waals surface area (Å²) in [5.74, 6) is 0.480. The second-order valence-electron chi connectivity index (χ2n) is 3.31. The molecule has 1 aromatic carbocycles. The Morgan fingerprint density at radius 3 is 2.88 bits per heavy atom. The summed E-state index contributed by atoms with van der Waals surface area (Å²) < 4.78 is 9.90. The van der Waals surface area contributed by atoms with E-state index in [1.54, 1.807) is 44.0 Å². The molecule has 0 aromatic heterocycles. The molecule has 1 aromatic rings. The van der Waals surface area contributed by atoms with Crippen molar-refractivity contribution in [2.45, 2.75) is 11.8 Å². The van der Waals surface area contributed by atoms with Crippen LogP contribution in [0.25, 0.3) is 0 Å². The van der Waals surface area contributed by atoms with Crippen LogP contribution < -0.4 is 5.73 Å². The first kappa shape index (κ1) is 13.9. The molecule has 0 heterocycles. The van der Waals surface area contributed by atoms with Gasteiger partial charge in [0, 0.05) is 23.4 Å². The molecule has 0 saturated carbocycles. The van der Waals surface area contributed by atoms with E-state index in [4.69, 9.17) is 15.2 Å². The number of hydrogen-bond donors (Lipinski definition) is 1. The van der Waals surface area contributed by atoms with Crippen LogP contribution >= 0.6 is 11.8 Å². The van der Waals surface area contributed by atoms with Gasteiger partial charge in [-0.2, -0.15) is 0 Å². The first-order valence-corrected chi connectivity index (χ1v) is 6.36. The molecule has 0 amide bonds. The summed E-state index contributed by atoms with van der Waals surface area (Å²) in [6.07, 6.45) is 0. The minimum Gasteiger partial charge on any atom is -0.462 e. The Balaban J connectivity index is 2.75. The van der Waals surface area contributed by atoms with Crippen molar-refractivity contribution in [2.75, 3.05) is 31.8 Å². The molecule has 0 saturated heterocycles. The topological polar surface area (TPSA) is 61.5 Å². The summed E-state index contributed by atoms with van der Waals surface area (Å²) >= 11 is 1.56. The lowest BCUT2D eigenvalue weighted by atomic mass is 10.2. The van der Waals surface area contributed by atoms with Crippen LogP contribution in [0, 0.1) is 0 Å². The smallest absolute Gasteiger partial charge is 0.338 e. The standard InChI is InChI=1S/C12H17NO3S/c1-3-16-12(14)9-4-5-10(13)11(8-9)17-7-6-15-2/h4-5,8H,3,6-7,13H2,1-2H3. The number of anilines is 1. The third kappa shape index (κ3) is 4.28. The highest BCUT2D eigenvalue weighted by atomic mass is 32.2. The molecule has 0 aliphatic carbocycles. The lowest BCUT2D eigenvalue weighted by Crippen LogP contribution is -2.05. The summed E-state index contributed by atoms with van der Waals surface area (Å²) in [6.45, 7) is 2.80. The molecular formula is C12H17NO3S. The number of carbonyl (C=O) groups is 1. The van der Waals surface area contributed by atoms with Gasteiger partial charge in [-0.15, -0.1) is 11.8 Å². The maximum atomic E-state index is 11.5. The maximum absolute atomic E-state index is 11.5. The van der Waals surface area contributed by atoms with Crippen molar-refractivity contribution in [3.8, 4) is 0 Å². The second-order valence-corrected chi connectivity index (χ2v) is 4.45. The number of carbonyl (C=O) groups excluding carboxylic acids is 1. The van der Waals surface area contributed by atoms with Crippen LogP contribution in [-0.4, -0.2) is 32.0 Å². The van der Waals surface area contributed by atoms with E-state index in [1.807, 2.05) is 0 Å². The molecule has 1 rings (SSSR count). The molecule has 4 nitrogen and oxygen atoms in total. The fourth-order valence-electron chi connectivity index (χ4n) is 1.24. The normalized spacial score (nSPS) is 10.2. The van der Waals surface area contributed by atoms with Crippen LogP contribution in [0.5, 0.6) is 0 Å². The Morgan fingerprint density at radius 1 is 1.47 bits per heavy atom. The van der Waals surface area contributed by atoms with Crippen LogP contribution in [0.15, 0.2) is 23.1 Å². The highest BCUT2D eigenvalue weighted by Crippen LogP contribution is 2.26. The van der Waals surface area contributed by atoms with Crippen molar-refractivity contribution in [1.82, 2.24) is 0 Å². The molecule has 0 spiro atoms. The van der Waals surface area contributed by atoms with Crippen molar-refractivity contribution in [1.29, 1.82) is 0 Å². The monoisotopic (exact) mass is 255 g/mol. The fourth-order valence-corrected chi connectivity index (χ4v) is 2.15. The minimum absolute atomic E-state index is 0.318. The molecule has 0 radical (unpaired) electrons. The Morgan fingerprint density at radius 2 is 2.24 bits per heavy atom. The predicted octanol–water partition coefficient (Wildman–Crippen LogP) is 2.18. The first-order valence-electron chi connectivity index (χ1n) is 5.37. The molecule has 5 heteroatoms. The summed E-state index contributed by atoms with van der Waals surface area (Å²) in [7, 11) is 1.65. The quantitative estimate of drug-likeness (QED) is 0.365. The van der Waals surface area contributed by atoms with Crippen LogP contribution in [-0.2, 0) is 9.47 Å². The molecule has 0 aliphatic rings. The Labute approximate surface area is 105 Å². The van der Waals surface area contributed by atoms with Gasteiger partial charge in [0.2, 0.25) is 0 Å². The van der Waals surface area contributed by atoms with E-state index in [9.17, 15) is 4.79 Å². The van der Waals surface area contributed by atoms with Gasteiger partial charge in [-0.1, -0.05) is 0 Å². The fraction of sp³-hybridized carbons (Fsp3) is 0.417. The van der Waals surface area contributed by atoms with Crippen molar-refractivity contribution in [2.24, 2.45) is 0 Å². The zero-order chi connectivity index (χ0) is 12.7. The van der Waals surface area contributed by atoms with Crippen molar-refractivity contribution in [3.05, 3.63) is 23.8 Å². The molecule has 0 bridgehead atoms. The van der Waals surface area contributed by atoms with Gasteiger partial charge in [-0.05, 0) is 25.1 Å². The molecule has 0 unspecified atom stereocenters. The second kappa shape index (κ2) is 7.19. The van der Waals surface area contributed by atoms with Crippen LogP contribution in [0.1, 0.15) is 17.3 Å². The molecule has 0 aliphatic heterocycles. The predicted molar refractivity (Wildman–Crippen MR) is 69.4 cm³/mol. The van der Waals surface area contributed by atoms with Crippen molar-refractivity contribution >= 4 is 23.4 Å². The van der Waals surface area contributed by atoms with Gasteiger partial charge in [0.25, 0.3) is 0 Å². The average Bonchev–Trinajstić information content (AvgIpc) is 2.32. The van der Waals surface area contributed by atoms with E-state index in [-0.39, 0.29) is 5.97 Å². The molecule has 2 N–H and O–H groups in total. The summed E-state index contributed by atoms with van der Waals surface area (Å²) in [6, 6.07) is 5.16. The van der Waals surface area contributed by atoms with Gasteiger partial charge < -0.3 is 15.2 Å². The van der Waals surface area contributed by atoms with Gasteiger partial charge in [0.1, 0.15) is 0 Å². The first-order chi connectivity index (χ1) is 8.19. The lowest BCUT2D eigenvalue weighted by Gasteiger charge is -2.07. The molecule has 0 atom stereocenters. The maximum Gasteiger partial charge on any atom is 0.338 e. The lowest BCUT2D eigenvalue weighted by molar-refractivity contribution is 0.0526. The minimum atomic E-state index is -0.318. The van der Waals surface area contributed by atoms with Crippen molar-refractivity contribution in [3.63, 3.8) is 0 Å². The zero-order valence-corrected chi connectivity index (χ0v) is 10.9. The molecule has 94 valence electrons. The van der Waals surface area contributed by atoms with Gasteiger partial charge in [0.15, 0.2) is 0 Å². The zero-order valence-electron chi connectivity index (χ0n) is 10.1. The SMILES string of the molecule is CCOC(=O)c1ccc(N)c(SCCOC)c1. The number of ether oxygens (including phenoxy) is 2. The van der Waals surface area contributed by atoms with E-state index in [0.717, 1.165) is 10.6 Å². The largest absolute Gasteiger partial charge is 0.462 e. The Hall–Kier alpha value is -1.20. The summed E-state index contributed by atoms with van der Waals surface area (Å²) in [5, 5.41) is 0. The van der Waals surface area contributed by atoms with Crippen molar-refractivity contribution < 1.29 is 14.3 Å². The van der Waals surface area contributed by atoms with Gasteiger partial charge in [-0.25, -0.2) is 4.79 Å². The van der Waals surface area contributed by atoms with Gasteiger partial charge in [0.05, 0.1) is 18.8 Å². The van der Waals surface area contributed by atoms with Gasteiger partial charge >= 0.3 is 5.97 Å². The van der Waals surface area contributed by atoms with Gasteiger partial charge in [-0.3, -0.25) is 0 Å². The third-order valence-corrected chi connectivity index (χ3v) is 3.11. The number of benzene rings is 1. The number of hydrogen-bond acceptors (Lipinski definition) is 5. The third-order valence-electron chi connectivity index (χ3n) is 2.07. The number of thioether (sulfide) groups is 1. The molecule has 0 fully saturated rings. The van der Waals surface area contributed by atoms with E-state index in [1.165, 1.54) is 0 Å². The highest BCUT2D eigenvalue weighted by molar-refractivity contribution is 7.99. The van der Waals surface area contributed by atoms with E-state index < -0.39 is 0 Å². The van der Waals surface area contributed by atoms with E-state index in [0.29, 0.717) is 24.5 Å². The average molecular weight is 255 g/mol. The molecule has 17 heavy (non-hydrogen) atoms. The Kier molecular flexibility index (Phi) is 5.86. The summed E-state index contributed by atoms with van der Waals surface area (Å²) in [4.78, 5) is 12.4. The van der Waals surface area contributed by atoms with E-state index in [2.05, 4.69) is 0 Å². The van der Waals surface area contributed by atoms with Crippen LogP contribution in [0.2, 0.25) is 0 Å².